The molecule has 0 aromatic rings. The van der Waals surface area contributed by atoms with E-state index in [0.29, 0.717) is 18.1 Å². The molecule has 19 heavy (non-hydrogen) atoms. The summed E-state index contributed by atoms with van der Waals surface area (Å²) < 4.78 is 11.6. The first kappa shape index (κ1) is 14.8. The molecule has 0 aromatic heterocycles. The van der Waals surface area contributed by atoms with E-state index < -0.39 is 6.10 Å². The summed E-state index contributed by atoms with van der Waals surface area (Å²) in [5, 5.41) is 0. The summed E-state index contributed by atoms with van der Waals surface area (Å²) in [6.07, 6.45) is 6.31. The van der Waals surface area contributed by atoms with Crippen molar-refractivity contribution in [1.29, 1.82) is 0 Å². The van der Waals surface area contributed by atoms with Gasteiger partial charge in [0.15, 0.2) is 0 Å². The second kappa shape index (κ2) is 6.20. The highest BCUT2D eigenvalue weighted by Gasteiger charge is 2.32. The maximum absolute atomic E-state index is 11.3. The molecule has 0 aromatic carbocycles. The van der Waals surface area contributed by atoms with Crippen LogP contribution in [0.5, 0.6) is 0 Å². The van der Waals surface area contributed by atoms with Crippen molar-refractivity contribution in [2.24, 2.45) is 11.3 Å². The van der Waals surface area contributed by atoms with Crippen LogP contribution in [0.3, 0.4) is 0 Å². The van der Waals surface area contributed by atoms with Gasteiger partial charge in [0.2, 0.25) is 0 Å². The lowest BCUT2D eigenvalue weighted by Crippen LogP contribution is -2.39. The summed E-state index contributed by atoms with van der Waals surface area (Å²) in [5.41, 5.74) is 2.60. The second-order valence-electron chi connectivity index (χ2n) is 6.53. The summed E-state index contributed by atoms with van der Waals surface area (Å²) in [7, 11) is 0. The first-order valence-electron chi connectivity index (χ1n) is 7.28. The molecule has 110 valence electrons. The average Bonchev–Trinajstić information content (AvgIpc) is 2.85. The van der Waals surface area contributed by atoms with Crippen molar-refractivity contribution in [3.8, 4) is 0 Å². The van der Waals surface area contributed by atoms with Gasteiger partial charge in [-0.2, -0.15) is 0 Å². The molecule has 1 aliphatic carbocycles. The molecule has 0 bridgehead atoms. The second-order valence-corrected chi connectivity index (χ2v) is 6.53. The molecule has 1 aliphatic heterocycles. The first-order chi connectivity index (χ1) is 9.00. The van der Waals surface area contributed by atoms with E-state index in [9.17, 15) is 4.79 Å². The minimum absolute atomic E-state index is 0.0391. The van der Waals surface area contributed by atoms with Crippen LogP contribution >= 0.6 is 0 Å². The predicted molar refractivity (Wildman–Crippen MR) is 72.2 cm³/mol. The number of hydrogen-bond donors (Lipinski definition) is 2. The number of nitrogens with one attached hydrogen (secondary N) is 1. The van der Waals surface area contributed by atoms with Crippen molar-refractivity contribution in [3.63, 3.8) is 0 Å². The van der Waals surface area contributed by atoms with E-state index in [1.807, 2.05) is 0 Å². The van der Waals surface area contributed by atoms with Crippen LogP contribution in [0.15, 0.2) is 0 Å². The van der Waals surface area contributed by atoms with Gasteiger partial charge < -0.3 is 9.47 Å². The third-order valence-electron chi connectivity index (χ3n) is 4.35. The average molecular weight is 270 g/mol. The van der Waals surface area contributed by atoms with Gasteiger partial charge in [-0.1, -0.05) is 13.8 Å². The molecule has 2 fully saturated rings. The van der Waals surface area contributed by atoms with E-state index in [-0.39, 0.29) is 12.0 Å². The zero-order valence-electron chi connectivity index (χ0n) is 12.0. The van der Waals surface area contributed by atoms with Gasteiger partial charge in [-0.25, -0.2) is 5.84 Å². The minimum Gasteiger partial charge on any atom is -0.376 e. The van der Waals surface area contributed by atoms with Gasteiger partial charge >= 0.3 is 0 Å². The molecule has 1 heterocycles. The van der Waals surface area contributed by atoms with Crippen molar-refractivity contribution in [2.45, 2.75) is 70.7 Å². The van der Waals surface area contributed by atoms with Gasteiger partial charge in [0.05, 0.1) is 18.8 Å². The Hall–Kier alpha value is -0.650. The number of carbonyl (C=O) groups is 1. The number of amides is 1. The Labute approximate surface area is 115 Å². The molecule has 0 radical (unpaired) electrons. The van der Waals surface area contributed by atoms with Crippen LogP contribution in [0, 0.1) is 5.41 Å². The van der Waals surface area contributed by atoms with E-state index >= 15 is 0 Å². The lowest BCUT2D eigenvalue weighted by atomic mass is 9.76. The fraction of sp³-hybridized carbons (Fsp3) is 0.929. The van der Waals surface area contributed by atoms with Gasteiger partial charge in [-0.3, -0.25) is 10.2 Å². The SMILES string of the molecule is CC1(C)CCC(OCC2CCC(C(=O)NN)O2)CC1. The Morgan fingerprint density at radius 2 is 2.00 bits per heavy atom. The maximum Gasteiger partial charge on any atom is 0.263 e. The Bertz CT molecular complexity index is 310. The Kier molecular flexibility index (Phi) is 4.81. The van der Waals surface area contributed by atoms with E-state index in [4.69, 9.17) is 15.3 Å². The molecule has 1 saturated heterocycles. The number of ether oxygens (including phenoxy) is 2. The molecule has 2 rings (SSSR count). The molecule has 3 N–H and O–H groups in total. The van der Waals surface area contributed by atoms with Crippen LogP contribution in [0.1, 0.15) is 52.4 Å². The highest BCUT2D eigenvalue weighted by molar-refractivity contribution is 5.80. The van der Waals surface area contributed by atoms with Crippen LogP contribution in [0.4, 0.5) is 0 Å². The first-order valence-corrected chi connectivity index (χ1v) is 7.28. The van der Waals surface area contributed by atoms with Crippen molar-refractivity contribution in [2.75, 3.05) is 6.61 Å². The molecule has 1 amide bonds. The summed E-state index contributed by atoms with van der Waals surface area (Å²) in [5.74, 6) is 4.87. The molecule has 0 spiro atoms. The van der Waals surface area contributed by atoms with E-state index in [0.717, 1.165) is 25.7 Å². The molecular weight excluding hydrogens is 244 g/mol. The highest BCUT2D eigenvalue weighted by atomic mass is 16.5. The van der Waals surface area contributed by atoms with E-state index in [1.165, 1.54) is 12.8 Å². The molecule has 2 aliphatic rings. The van der Waals surface area contributed by atoms with Crippen molar-refractivity contribution in [3.05, 3.63) is 0 Å². The zero-order valence-corrected chi connectivity index (χ0v) is 12.0. The fourth-order valence-electron chi connectivity index (χ4n) is 2.90. The highest BCUT2D eigenvalue weighted by Crippen LogP contribution is 2.36. The Morgan fingerprint density at radius 3 is 2.63 bits per heavy atom. The normalized spacial score (nSPS) is 31.3. The molecule has 1 saturated carbocycles. The molecular formula is C14H26N2O3. The van der Waals surface area contributed by atoms with Crippen LogP contribution < -0.4 is 11.3 Å². The summed E-state index contributed by atoms with van der Waals surface area (Å²) in [4.78, 5) is 11.3. The van der Waals surface area contributed by atoms with Crippen LogP contribution in [-0.2, 0) is 14.3 Å². The quantitative estimate of drug-likeness (QED) is 0.461. The van der Waals surface area contributed by atoms with Gasteiger partial charge in [0.1, 0.15) is 6.10 Å². The van der Waals surface area contributed by atoms with Crippen molar-refractivity contribution >= 4 is 5.91 Å². The Morgan fingerprint density at radius 1 is 1.32 bits per heavy atom. The van der Waals surface area contributed by atoms with Crippen molar-refractivity contribution in [1.82, 2.24) is 5.43 Å². The van der Waals surface area contributed by atoms with E-state index in [1.54, 1.807) is 0 Å². The lowest BCUT2D eigenvalue weighted by Gasteiger charge is -2.34. The van der Waals surface area contributed by atoms with Gasteiger partial charge in [-0.05, 0) is 43.9 Å². The number of hydrogen-bond acceptors (Lipinski definition) is 4. The fourth-order valence-corrected chi connectivity index (χ4v) is 2.90. The molecule has 2 unspecified atom stereocenters. The number of carbonyl (C=O) groups excluding carboxylic acids is 1. The van der Waals surface area contributed by atoms with Crippen molar-refractivity contribution < 1.29 is 14.3 Å². The standard InChI is InChI=1S/C14H26N2O3/c1-14(2)7-5-10(6-8-14)18-9-11-3-4-12(19-11)13(17)16-15/h10-12H,3-9,15H2,1-2H3,(H,16,17). The monoisotopic (exact) mass is 270 g/mol. The Balaban J connectivity index is 1.66. The maximum atomic E-state index is 11.3. The number of rotatable bonds is 4. The topological polar surface area (TPSA) is 73.6 Å². The largest absolute Gasteiger partial charge is 0.376 e. The zero-order chi connectivity index (χ0) is 13.9. The minimum atomic E-state index is -0.399. The molecule has 2 atom stereocenters. The third-order valence-corrected chi connectivity index (χ3v) is 4.35. The van der Waals surface area contributed by atoms with Crippen LogP contribution in [0.2, 0.25) is 0 Å². The molecule has 5 heteroatoms. The summed E-state index contributed by atoms with van der Waals surface area (Å²) in [6.45, 7) is 5.23. The van der Waals surface area contributed by atoms with Gasteiger partial charge in [-0.15, -0.1) is 0 Å². The summed E-state index contributed by atoms with van der Waals surface area (Å²) in [6, 6.07) is 0. The van der Waals surface area contributed by atoms with Crippen LogP contribution in [0.25, 0.3) is 0 Å². The van der Waals surface area contributed by atoms with E-state index in [2.05, 4.69) is 19.3 Å². The van der Waals surface area contributed by atoms with Gasteiger partial charge in [0, 0.05) is 0 Å². The smallest absolute Gasteiger partial charge is 0.263 e. The number of hydrazine groups is 1. The lowest BCUT2D eigenvalue weighted by molar-refractivity contribution is -0.134. The summed E-state index contributed by atoms with van der Waals surface area (Å²) >= 11 is 0. The third kappa shape index (κ3) is 4.16. The predicted octanol–water partition coefficient (Wildman–Crippen LogP) is 1.51. The number of nitrogens with two attached hydrogens (primary N) is 1. The van der Waals surface area contributed by atoms with Gasteiger partial charge in [0.25, 0.3) is 5.91 Å². The molecule has 5 nitrogen and oxygen atoms in total. The van der Waals surface area contributed by atoms with Crippen LogP contribution in [-0.4, -0.2) is 30.8 Å².